The third kappa shape index (κ3) is 3.18. The van der Waals surface area contributed by atoms with Crippen LogP contribution in [0.4, 0.5) is 0 Å². The Morgan fingerprint density at radius 3 is 2.59 bits per heavy atom. The maximum absolute atomic E-state index is 10.4. The van der Waals surface area contributed by atoms with Crippen molar-refractivity contribution in [3.05, 3.63) is 99.4 Å². The van der Waals surface area contributed by atoms with Crippen LogP contribution in [0.25, 0.3) is 10.1 Å². The van der Waals surface area contributed by atoms with E-state index in [0.717, 1.165) is 26.6 Å². The summed E-state index contributed by atoms with van der Waals surface area (Å²) in [6.45, 7) is 0.688. The van der Waals surface area contributed by atoms with E-state index >= 15 is 0 Å². The van der Waals surface area contributed by atoms with Crippen LogP contribution in [-0.4, -0.2) is 21.9 Å². The van der Waals surface area contributed by atoms with Gasteiger partial charge in [0.15, 0.2) is 6.23 Å². The Balaban J connectivity index is 1.37. The van der Waals surface area contributed by atoms with E-state index in [1.165, 1.54) is 28.7 Å². The fourth-order valence-corrected chi connectivity index (χ4v) is 7.15. The van der Waals surface area contributed by atoms with Crippen LogP contribution in [0.3, 0.4) is 0 Å². The summed E-state index contributed by atoms with van der Waals surface area (Å²) in [6, 6.07) is 24.5. The summed E-state index contributed by atoms with van der Waals surface area (Å²) in [5.74, 6) is 0.819. The van der Waals surface area contributed by atoms with E-state index in [1.54, 1.807) is 17.4 Å². The van der Waals surface area contributed by atoms with Gasteiger partial charge in [-0.2, -0.15) is 0 Å². The van der Waals surface area contributed by atoms with Crippen molar-refractivity contribution in [2.45, 2.75) is 37.6 Å². The number of halogens is 1. The number of benzene rings is 3. The molecule has 1 aliphatic carbocycles. The largest absolute Gasteiger partial charge is 0.508 e. The van der Waals surface area contributed by atoms with Crippen LogP contribution in [0.15, 0.2) is 78.0 Å². The first-order valence-corrected chi connectivity index (χ1v) is 12.9. The van der Waals surface area contributed by atoms with Gasteiger partial charge in [0.1, 0.15) is 5.75 Å². The number of hydrogen-bond donors (Lipinski definition) is 1. The Labute approximate surface area is 207 Å². The van der Waals surface area contributed by atoms with Crippen LogP contribution in [-0.2, 0) is 11.4 Å². The first-order valence-electron chi connectivity index (χ1n) is 11.7. The fraction of sp³-hybridized carbons (Fsp3) is 0.250. The maximum atomic E-state index is 10.4. The van der Waals surface area contributed by atoms with E-state index < -0.39 is 0 Å². The van der Waals surface area contributed by atoms with Crippen molar-refractivity contribution in [3.63, 3.8) is 0 Å². The van der Waals surface area contributed by atoms with Gasteiger partial charge in [-0.15, -0.1) is 11.3 Å². The number of hydrogen-bond acceptors (Lipinski definition) is 5. The predicted octanol–water partition coefficient (Wildman–Crippen LogP) is 7.07. The highest BCUT2D eigenvalue weighted by Gasteiger charge is 2.52. The van der Waals surface area contributed by atoms with E-state index in [4.69, 9.17) is 16.4 Å². The van der Waals surface area contributed by atoms with Gasteiger partial charge >= 0.3 is 0 Å². The molecule has 3 heterocycles. The number of nitrogens with zero attached hydrogens (tertiary/aromatic N) is 2. The molecule has 1 N–H and O–H groups in total. The molecule has 6 heteroatoms. The molecule has 1 fully saturated rings. The SMILES string of the molecule is Oc1ccc2c(c1)[C@@H](C1CC1)N(Cc1sc3ccccc3c1Cl)[C@@H]1ON=C(c3ccccc3)[C@H]21. The Morgan fingerprint density at radius 1 is 1.00 bits per heavy atom. The van der Waals surface area contributed by atoms with Crippen LogP contribution >= 0.6 is 22.9 Å². The topological polar surface area (TPSA) is 45.1 Å². The average Bonchev–Trinajstić information content (AvgIpc) is 3.52. The summed E-state index contributed by atoms with van der Waals surface area (Å²) >= 11 is 8.64. The third-order valence-corrected chi connectivity index (χ3v) is 9.01. The second-order valence-electron chi connectivity index (χ2n) is 9.42. The van der Waals surface area contributed by atoms with Crippen molar-refractivity contribution in [1.29, 1.82) is 0 Å². The number of phenols is 1. The Hall–Kier alpha value is -2.86. The molecular formula is C28H23ClN2O2S. The minimum atomic E-state index is -0.209. The van der Waals surface area contributed by atoms with E-state index in [1.807, 2.05) is 30.3 Å². The van der Waals surface area contributed by atoms with Crippen molar-refractivity contribution in [2.75, 3.05) is 0 Å². The molecule has 0 spiro atoms. The van der Waals surface area contributed by atoms with E-state index in [2.05, 4.69) is 46.5 Å². The molecule has 1 aromatic heterocycles. The standard InChI is InChI=1S/C28H23ClN2O2S/c29-25-20-8-4-5-9-22(20)34-23(25)15-31-27(17-10-11-17)21-14-18(32)12-13-19(21)24-26(30-33-28(24)31)16-6-2-1-3-7-16/h1-9,12-14,17,24,27-28,32H,10-11,15H2/t24-,27+,28+/m0/s1. The molecule has 1 saturated carbocycles. The first-order chi connectivity index (χ1) is 16.7. The highest BCUT2D eigenvalue weighted by Crippen LogP contribution is 2.55. The lowest BCUT2D eigenvalue weighted by Gasteiger charge is -2.43. The monoisotopic (exact) mass is 486 g/mol. The lowest BCUT2D eigenvalue weighted by atomic mass is 9.78. The Bertz CT molecular complexity index is 1430. The summed E-state index contributed by atoms with van der Waals surface area (Å²) in [4.78, 5) is 9.82. The highest BCUT2D eigenvalue weighted by molar-refractivity contribution is 7.19. The predicted molar refractivity (Wildman–Crippen MR) is 137 cm³/mol. The molecule has 3 aliphatic rings. The molecule has 0 radical (unpaired) electrons. The molecule has 0 bridgehead atoms. The minimum Gasteiger partial charge on any atom is -0.508 e. The lowest BCUT2D eigenvalue weighted by Crippen LogP contribution is -2.47. The molecule has 34 heavy (non-hydrogen) atoms. The van der Waals surface area contributed by atoms with Gasteiger partial charge in [-0.05, 0) is 48.1 Å². The zero-order valence-electron chi connectivity index (χ0n) is 18.4. The van der Waals surface area contributed by atoms with Gasteiger partial charge in [-0.3, -0.25) is 4.90 Å². The van der Waals surface area contributed by atoms with Crippen LogP contribution < -0.4 is 0 Å². The van der Waals surface area contributed by atoms with Crippen molar-refractivity contribution in [1.82, 2.24) is 4.90 Å². The lowest BCUT2D eigenvalue weighted by molar-refractivity contribution is -0.0854. The second kappa shape index (κ2) is 7.84. The van der Waals surface area contributed by atoms with Crippen LogP contribution in [0.1, 0.15) is 46.4 Å². The molecule has 4 nitrogen and oxygen atoms in total. The normalized spacial score (nSPS) is 23.9. The molecule has 170 valence electrons. The molecule has 3 aromatic carbocycles. The fourth-order valence-electron chi connectivity index (χ4n) is 5.65. The third-order valence-electron chi connectivity index (χ3n) is 7.31. The van der Waals surface area contributed by atoms with Gasteiger partial charge in [-0.25, -0.2) is 0 Å². The van der Waals surface area contributed by atoms with Gasteiger partial charge in [0.2, 0.25) is 0 Å². The highest BCUT2D eigenvalue weighted by atomic mass is 35.5. The summed E-state index contributed by atoms with van der Waals surface area (Å²) in [5, 5.41) is 17.0. The molecule has 0 saturated heterocycles. The van der Waals surface area contributed by atoms with Crippen molar-refractivity contribution < 1.29 is 9.94 Å². The van der Waals surface area contributed by atoms with Crippen molar-refractivity contribution >= 4 is 38.7 Å². The number of phenolic OH excluding ortho intramolecular Hbond substituents is 1. The van der Waals surface area contributed by atoms with Crippen molar-refractivity contribution in [3.8, 4) is 5.75 Å². The zero-order chi connectivity index (χ0) is 22.8. The van der Waals surface area contributed by atoms with E-state index in [9.17, 15) is 5.11 Å². The van der Waals surface area contributed by atoms with Crippen molar-refractivity contribution in [2.24, 2.45) is 11.1 Å². The summed E-state index contributed by atoms with van der Waals surface area (Å²) in [6.07, 6.45) is 2.15. The average molecular weight is 487 g/mol. The molecule has 2 aliphatic heterocycles. The number of thiophene rings is 1. The minimum absolute atomic E-state index is 0.0267. The van der Waals surface area contributed by atoms with Crippen LogP contribution in [0, 0.1) is 5.92 Å². The van der Waals surface area contributed by atoms with Gasteiger partial charge in [0, 0.05) is 33.1 Å². The number of oxime groups is 1. The van der Waals surface area contributed by atoms with Gasteiger partial charge in [0.25, 0.3) is 0 Å². The zero-order valence-corrected chi connectivity index (χ0v) is 20.0. The van der Waals surface area contributed by atoms with Crippen LogP contribution in [0.5, 0.6) is 5.75 Å². The number of fused-ring (bicyclic) bond motifs is 4. The van der Waals surface area contributed by atoms with Gasteiger partial charge in [0.05, 0.1) is 16.7 Å². The van der Waals surface area contributed by atoms with Crippen LogP contribution in [0.2, 0.25) is 5.02 Å². The van der Waals surface area contributed by atoms with Gasteiger partial charge in [-0.1, -0.05) is 71.4 Å². The molecule has 7 rings (SSSR count). The van der Waals surface area contributed by atoms with E-state index in [0.29, 0.717) is 18.2 Å². The second-order valence-corrected chi connectivity index (χ2v) is 10.9. The number of rotatable bonds is 4. The Morgan fingerprint density at radius 2 is 1.79 bits per heavy atom. The molecule has 0 amide bonds. The van der Waals surface area contributed by atoms with E-state index in [-0.39, 0.29) is 18.2 Å². The molecule has 4 aromatic rings. The quantitative estimate of drug-likeness (QED) is 0.335. The summed E-state index contributed by atoms with van der Waals surface area (Å²) in [7, 11) is 0. The summed E-state index contributed by atoms with van der Waals surface area (Å²) < 4.78 is 1.20. The molecule has 0 unspecified atom stereocenters. The number of aromatic hydroxyl groups is 1. The van der Waals surface area contributed by atoms with Gasteiger partial charge < -0.3 is 9.94 Å². The first kappa shape index (κ1) is 20.5. The summed E-state index contributed by atoms with van der Waals surface area (Å²) in [5.41, 5.74) is 4.41. The molecular weight excluding hydrogens is 464 g/mol. The molecule has 3 atom stereocenters. The smallest absolute Gasteiger partial charge is 0.194 e. The maximum Gasteiger partial charge on any atom is 0.194 e. The Kier molecular flexibility index (Phi) is 4.73.